The number of nitrogens with zero attached hydrogens (tertiary/aromatic N) is 1. The Morgan fingerprint density at radius 3 is 2.94 bits per heavy atom. The number of hydrogen-bond donors (Lipinski definition) is 1. The first-order chi connectivity index (χ1) is 8.08. The zero-order valence-electron chi connectivity index (χ0n) is 9.15. The molecule has 90 valence electrons. The third-order valence-corrected chi connectivity index (χ3v) is 3.52. The molecular formula is C12H11ClFNOS. The number of aromatic nitrogens is 1. The topological polar surface area (TPSA) is 33.1 Å². The van der Waals surface area contributed by atoms with Gasteiger partial charge in [0, 0.05) is 17.4 Å². The summed E-state index contributed by atoms with van der Waals surface area (Å²) in [6.07, 6.45) is -0.628. The monoisotopic (exact) mass is 271 g/mol. The van der Waals surface area contributed by atoms with Crippen LogP contribution in [0.1, 0.15) is 22.4 Å². The van der Waals surface area contributed by atoms with Crippen LogP contribution in [-0.4, -0.2) is 10.1 Å². The van der Waals surface area contributed by atoms with E-state index in [0.717, 1.165) is 10.7 Å². The molecule has 0 saturated heterocycles. The lowest BCUT2D eigenvalue weighted by Crippen LogP contribution is -2.05. The van der Waals surface area contributed by atoms with Crippen molar-refractivity contribution in [3.05, 3.63) is 50.7 Å². The van der Waals surface area contributed by atoms with E-state index in [4.69, 9.17) is 11.6 Å². The lowest BCUT2D eigenvalue weighted by molar-refractivity contribution is 0.172. The smallest absolute Gasteiger partial charge is 0.147 e. The third-order valence-electron chi connectivity index (χ3n) is 2.41. The molecule has 0 fully saturated rings. The van der Waals surface area contributed by atoms with Gasteiger partial charge in [-0.2, -0.15) is 0 Å². The number of benzene rings is 1. The Labute approximate surface area is 108 Å². The van der Waals surface area contributed by atoms with Crippen molar-refractivity contribution < 1.29 is 9.50 Å². The Kier molecular flexibility index (Phi) is 3.76. The van der Waals surface area contributed by atoms with E-state index >= 15 is 0 Å². The zero-order valence-corrected chi connectivity index (χ0v) is 10.7. The lowest BCUT2D eigenvalue weighted by Gasteiger charge is -2.11. The van der Waals surface area contributed by atoms with Crippen LogP contribution in [0.15, 0.2) is 23.6 Å². The normalized spacial score (nSPS) is 12.7. The Balaban J connectivity index is 2.20. The Morgan fingerprint density at radius 2 is 2.29 bits per heavy atom. The standard InChI is InChI=1S/C12H11ClFNOS/c1-7-15-8(6-17-7)5-11(16)9-3-2-4-10(13)12(9)14/h2-4,6,11,16H,5H2,1H3. The van der Waals surface area contributed by atoms with E-state index in [-0.39, 0.29) is 10.6 Å². The van der Waals surface area contributed by atoms with Crippen LogP contribution >= 0.6 is 22.9 Å². The van der Waals surface area contributed by atoms with Gasteiger partial charge in [-0.3, -0.25) is 0 Å². The molecule has 1 aromatic carbocycles. The first kappa shape index (κ1) is 12.5. The molecule has 1 unspecified atom stereocenters. The van der Waals surface area contributed by atoms with Crippen LogP contribution in [-0.2, 0) is 6.42 Å². The number of hydrogen-bond acceptors (Lipinski definition) is 3. The van der Waals surface area contributed by atoms with E-state index in [1.165, 1.54) is 23.5 Å². The summed E-state index contributed by atoms with van der Waals surface area (Å²) in [4.78, 5) is 4.23. The molecule has 5 heteroatoms. The average Bonchev–Trinajstić information content (AvgIpc) is 2.68. The van der Waals surface area contributed by atoms with Gasteiger partial charge in [0.15, 0.2) is 0 Å². The predicted octanol–water partition coefficient (Wildman–Crippen LogP) is 3.52. The number of aliphatic hydroxyl groups is 1. The molecule has 0 saturated carbocycles. The summed E-state index contributed by atoms with van der Waals surface area (Å²) in [5.74, 6) is -0.561. The molecule has 0 amide bonds. The third kappa shape index (κ3) is 2.83. The maximum absolute atomic E-state index is 13.7. The van der Waals surface area contributed by atoms with Gasteiger partial charge in [-0.15, -0.1) is 11.3 Å². The fourth-order valence-corrected chi connectivity index (χ4v) is 2.40. The zero-order chi connectivity index (χ0) is 12.4. The molecule has 1 heterocycles. The van der Waals surface area contributed by atoms with E-state index < -0.39 is 11.9 Å². The van der Waals surface area contributed by atoms with Crippen molar-refractivity contribution >= 4 is 22.9 Å². The molecular weight excluding hydrogens is 261 g/mol. The van der Waals surface area contributed by atoms with Crippen LogP contribution in [0.5, 0.6) is 0 Å². The van der Waals surface area contributed by atoms with Crippen LogP contribution in [0, 0.1) is 12.7 Å². The Bertz CT molecular complexity index is 529. The molecule has 17 heavy (non-hydrogen) atoms. The maximum Gasteiger partial charge on any atom is 0.147 e. The fourth-order valence-electron chi connectivity index (χ4n) is 1.59. The molecule has 0 radical (unpaired) electrons. The quantitative estimate of drug-likeness (QED) is 0.927. The van der Waals surface area contributed by atoms with E-state index in [0.29, 0.717) is 6.42 Å². The molecule has 1 aromatic heterocycles. The number of rotatable bonds is 3. The number of halogens is 2. The average molecular weight is 272 g/mol. The van der Waals surface area contributed by atoms with Crippen molar-refractivity contribution in [1.29, 1.82) is 0 Å². The molecule has 0 spiro atoms. The molecule has 0 aliphatic carbocycles. The SMILES string of the molecule is Cc1nc(CC(O)c2cccc(Cl)c2F)cs1. The van der Waals surface area contributed by atoms with E-state index in [1.54, 1.807) is 6.07 Å². The van der Waals surface area contributed by atoms with Crippen molar-refractivity contribution in [2.75, 3.05) is 0 Å². The van der Waals surface area contributed by atoms with Crippen LogP contribution < -0.4 is 0 Å². The van der Waals surface area contributed by atoms with Gasteiger partial charge >= 0.3 is 0 Å². The van der Waals surface area contributed by atoms with Gasteiger partial charge in [0.2, 0.25) is 0 Å². The van der Waals surface area contributed by atoms with Crippen molar-refractivity contribution in [3.63, 3.8) is 0 Å². The summed E-state index contributed by atoms with van der Waals surface area (Å²) < 4.78 is 13.7. The number of thiazole rings is 1. The lowest BCUT2D eigenvalue weighted by atomic mass is 10.0. The molecule has 0 bridgehead atoms. The van der Waals surface area contributed by atoms with Gasteiger partial charge in [0.25, 0.3) is 0 Å². The Morgan fingerprint density at radius 1 is 1.53 bits per heavy atom. The van der Waals surface area contributed by atoms with Gasteiger partial charge in [-0.25, -0.2) is 9.37 Å². The summed E-state index contributed by atoms with van der Waals surface area (Å²) in [5.41, 5.74) is 0.975. The molecule has 2 aromatic rings. The van der Waals surface area contributed by atoms with Crippen molar-refractivity contribution in [2.24, 2.45) is 0 Å². The molecule has 2 nitrogen and oxygen atoms in total. The van der Waals surface area contributed by atoms with E-state index in [1.807, 2.05) is 12.3 Å². The summed E-state index contributed by atoms with van der Waals surface area (Å²) in [5, 5.41) is 12.8. The maximum atomic E-state index is 13.7. The molecule has 2 rings (SSSR count). The van der Waals surface area contributed by atoms with Crippen LogP contribution in [0.3, 0.4) is 0 Å². The van der Waals surface area contributed by atoms with Gasteiger partial charge < -0.3 is 5.11 Å². The van der Waals surface area contributed by atoms with Crippen molar-refractivity contribution in [1.82, 2.24) is 4.98 Å². The highest BCUT2D eigenvalue weighted by molar-refractivity contribution is 7.09. The predicted molar refractivity (Wildman–Crippen MR) is 66.9 cm³/mol. The summed E-state index contributed by atoms with van der Waals surface area (Å²) in [6.45, 7) is 1.89. The highest BCUT2D eigenvalue weighted by atomic mass is 35.5. The van der Waals surface area contributed by atoms with Crippen LogP contribution in [0.2, 0.25) is 5.02 Å². The minimum Gasteiger partial charge on any atom is -0.388 e. The van der Waals surface area contributed by atoms with Gasteiger partial charge in [-0.05, 0) is 13.0 Å². The second-order valence-electron chi connectivity index (χ2n) is 3.72. The fraction of sp³-hybridized carbons (Fsp3) is 0.250. The Hall–Kier alpha value is -0.970. The first-order valence-electron chi connectivity index (χ1n) is 5.11. The van der Waals surface area contributed by atoms with Crippen LogP contribution in [0.4, 0.5) is 4.39 Å². The summed E-state index contributed by atoms with van der Waals surface area (Å²) >= 11 is 7.17. The number of aryl methyl sites for hydroxylation is 1. The van der Waals surface area contributed by atoms with Crippen molar-refractivity contribution in [3.8, 4) is 0 Å². The van der Waals surface area contributed by atoms with Crippen molar-refractivity contribution in [2.45, 2.75) is 19.4 Å². The highest BCUT2D eigenvalue weighted by Gasteiger charge is 2.16. The minimum absolute atomic E-state index is 0.0241. The summed E-state index contributed by atoms with van der Waals surface area (Å²) in [6, 6.07) is 4.61. The van der Waals surface area contributed by atoms with Gasteiger partial charge in [-0.1, -0.05) is 23.7 Å². The van der Waals surface area contributed by atoms with E-state index in [2.05, 4.69) is 4.98 Å². The molecule has 1 N–H and O–H groups in total. The number of aliphatic hydroxyl groups excluding tert-OH is 1. The summed E-state index contributed by atoms with van der Waals surface area (Å²) in [7, 11) is 0. The largest absolute Gasteiger partial charge is 0.388 e. The second kappa shape index (κ2) is 5.12. The molecule has 0 aliphatic heterocycles. The van der Waals surface area contributed by atoms with E-state index in [9.17, 15) is 9.50 Å². The minimum atomic E-state index is -0.921. The molecule has 0 aliphatic rings. The first-order valence-corrected chi connectivity index (χ1v) is 6.36. The molecule has 1 atom stereocenters. The van der Waals surface area contributed by atoms with Gasteiger partial charge in [0.05, 0.1) is 21.8 Å². The second-order valence-corrected chi connectivity index (χ2v) is 5.19. The van der Waals surface area contributed by atoms with Crippen LogP contribution in [0.25, 0.3) is 0 Å². The van der Waals surface area contributed by atoms with Gasteiger partial charge in [0.1, 0.15) is 5.82 Å². The highest BCUT2D eigenvalue weighted by Crippen LogP contribution is 2.26.